The molecule has 0 atom stereocenters. The van der Waals surface area contributed by atoms with Gasteiger partial charge in [-0.05, 0) is 37.1 Å². The van der Waals surface area contributed by atoms with E-state index in [0.717, 1.165) is 28.3 Å². The first kappa shape index (κ1) is 14.4. The molecule has 5 nitrogen and oxygen atoms in total. The van der Waals surface area contributed by atoms with Gasteiger partial charge in [-0.15, -0.1) is 0 Å². The van der Waals surface area contributed by atoms with Gasteiger partial charge in [0.1, 0.15) is 5.52 Å². The van der Waals surface area contributed by atoms with Crippen molar-refractivity contribution in [2.45, 2.75) is 13.8 Å². The fraction of sp³-hybridized carbons (Fsp3) is 0.105. The Balaban J connectivity index is 1.83. The number of para-hydroxylation sites is 1. The molecule has 0 unspecified atom stereocenters. The molecule has 0 aliphatic rings. The second kappa shape index (κ2) is 5.77. The molecule has 0 saturated heterocycles. The van der Waals surface area contributed by atoms with Crippen molar-refractivity contribution >= 4 is 17.0 Å². The maximum atomic E-state index is 4.64. The molecule has 0 spiro atoms. The van der Waals surface area contributed by atoms with E-state index in [9.17, 15) is 0 Å². The maximum absolute atomic E-state index is 4.64. The molecule has 118 valence electrons. The van der Waals surface area contributed by atoms with Crippen molar-refractivity contribution in [2.75, 3.05) is 5.32 Å². The molecule has 5 heteroatoms. The lowest BCUT2D eigenvalue weighted by Gasteiger charge is -2.14. The lowest BCUT2D eigenvalue weighted by molar-refractivity contribution is 1.12. The molecule has 0 saturated carbocycles. The SMILES string of the molecule is Cc1cccc(C)c1Nc1ncc(-c2ccncc2)n2cncc12. The summed E-state index contributed by atoms with van der Waals surface area (Å²) in [5.74, 6) is 0.794. The highest BCUT2D eigenvalue weighted by molar-refractivity contribution is 5.78. The van der Waals surface area contributed by atoms with Crippen LogP contribution in [0.15, 0.2) is 61.4 Å². The monoisotopic (exact) mass is 315 g/mol. The Labute approximate surface area is 140 Å². The molecule has 4 aromatic rings. The zero-order valence-electron chi connectivity index (χ0n) is 13.6. The summed E-state index contributed by atoms with van der Waals surface area (Å²) in [6, 6.07) is 10.2. The summed E-state index contributed by atoms with van der Waals surface area (Å²) in [6.45, 7) is 4.18. The number of anilines is 2. The highest BCUT2D eigenvalue weighted by Gasteiger charge is 2.11. The number of hydrogen-bond acceptors (Lipinski definition) is 4. The molecule has 4 rings (SSSR count). The van der Waals surface area contributed by atoms with Crippen LogP contribution in [0, 0.1) is 13.8 Å². The number of fused-ring (bicyclic) bond motifs is 1. The minimum atomic E-state index is 0.794. The average molecular weight is 315 g/mol. The van der Waals surface area contributed by atoms with Gasteiger partial charge in [0.2, 0.25) is 0 Å². The van der Waals surface area contributed by atoms with Crippen LogP contribution in [0.4, 0.5) is 11.5 Å². The van der Waals surface area contributed by atoms with Crippen molar-refractivity contribution in [2.24, 2.45) is 0 Å². The van der Waals surface area contributed by atoms with Crippen molar-refractivity contribution in [1.82, 2.24) is 19.4 Å². The van der Waals surface area contributed by atoms with Gasteiger partial charge in [-0.2, -0.15) is 0 Å². The van der Waals surface area contributed by atoms with Gasteiger partial charge in [-0.25, -0.2) is 9.97 Å². The summed E-state index contributed by atoms with van der Waals surface area (Å²) < 4.78 is 2.04. The van der Waals surface area contributed by atoms with Crippen LogP contribution in [-0.2, 0) is 0 Å². The number of imidazole rings is 1. The lowest BCUT2D eigenvalue weighted by Crippen LogP contribution is -2.02. The first-order valence-electron chi connectivity index (χ1n) is 7.79. The highest BCUT2D eigenvalue weighted by Crippen LogP contribution is 2.28. The van der Waals surface area contributed by atoms with Gasteiger partial charge in [0.25, 0.3) is 0 Å². The summed E-state index contributed by atoms with van der Waals surface area (Å²) >= 11 is 0. The van der Waals surface area contributed by atoms with Crippen molar-refractivity contribution in [3.8, 4) is 11.3 Å². The van der Waals surface area contributed by atoms with E-state index in [0.29, 0.717) is 0 Å². The number of nitrogens with one attached hydrogen (secondary N) is 1. The van der Waals surface area contributed by atoms with Crippen LogP contribution in [0.3, 0.4) is 0 Å². The van der Waals surface area contributed by atoms with E-state index in [-0.39, 0.29) is 0 Å². The molecule has 0 fully saturated rings. The Kier molecular flexibility index (Phi) is 3.46. The third kappa shape index (κ3) is 2.40. The summed E-state index contributed by atoms with van der Waals surface area (Å²) in [7, 11) is 0. The minimum absolute atomic E-state index is 0.794. The molecule has 3 heterocycles. The molecule has 0 aliphatic carbocycles. The van der Waals surface area contributed by atoms with Gasteiger partial charge in [-0.1, -0.05) is 18.2 Å². The second-order valence-electron chi connectivity index (χ2n) is 5.77. The standard InChI is InChI=1S/C19H17N5/c1-13-4-3-5-14(2)18(13)23-19-17-10-21-12-24(17)16(11-22-19)15-6-8-20-9-7-15/h3-12H,1-2H3,(H,22,23). The number of pyridine rings is 1. The van der Waals surface area contributed by atoms with Crippen LogP contribution in [0.1, 0.15) is 11.1 Å². The molecular weight excluding hydrogens is 298 g/mol. The van der Waals surface area contributed by atoms with Crippen LogP contribution >= 0.6 is 0 Å². The fourth-order valence-corrected chi connectivity index (χ4v) is 2.88. The van der Waals surface area contributed by atoms with E-state index in [1.54, 1.807) is 12.4 Å². The van der Waals surface area contributed by atoms with E-state index < -0.39 is 0 Å². The van der Waals surface area contributed by atoms with Crippen LogP contribution < -0.4 is 5.32 Å². The first-order valence-corrected chi connectivity index (χ1v) is 7.79. The molecule has 3 aromatic heterocycles. The largest absolute Gasteiger partial charge is 0.338 e. The third-order valence-electron chi connectivity index (χ3n) is 4.16. The lowest BCUT2D eigenvalue weighted by atomic mass is 10.1. The van der Waals surface area contributed by atoms with Gasteiger partial charge in [0.15, 0.2) is 5.82 Å². The number of benzene rings is 1. The Morgan fingerprint density at radius 1 is 0.917 bits per heavy atom. The number of aromatic nitrogens is 4. The van der Waals surface area contributed by atoms with E-state index in [1.807, 2.05) is 35.3 Å². The molecule has 0 radical (unpaired) electrons. The van der Waals surface area contributed by atoms with E-state index in [2.05, 4.69) is 52.3 Å². The molecule has 1 N–H and O–H groups in total. The summed E-state index contributed by atoms with van der Waals surface area (Å²) in [6.07, 6.45) is 9.05. The van der Waals surface area contributed by atoms with Gasteiger partial charge in [0, 0.05) is 23.6 Å². The number of nitrogens with zero attached hydrogens (tertiary/aromatic N) is 4. The molecule has 0 bridgehead atoms. The van der Waals surface area contributed by atoms with Gasteiger partial charge in [0.05, 0.1) is 24.4 Å². The van der Waals surface area contributed by atoms with E-state index in [1.165, 1.54) is 11.1 Å². The van der Waals surface area contributed by atoms with Crippen LogP contribution in [0.25, 0.3) is 16.8 Å². The molecular formula is C19H17N5. The van der Waals surface area contributed by atoms with E-state index >= 15 is 0 Å². The van der Waals surface area contributed by atoms with Crippen molar-refractivity contribution in [1.29, 1.82) is 0 Å². The highest BCUT2D eigenvalue weighted by atomic mass is 15.1. The summed E-state index contributed by atoms with van der Waals surface area (Å²) in [4.78, 5) is 13.0. The Hall–Kier alpha value is -3.21. The number of aryl methyl sites for hydroxylation is 2. The van der Waals surface area contributed by atoms with Crippen LogP contribution in [0.5, 0.6) is 0 Å². The number of rotatable bonds is 3. The Bertz CT molecular complexity index is 985. The second-order valence-corrected chi connectivity index (χ2v) is 5.77. The zero-order valence-corrected chi connectivity index (χ0v) is 13.6. The third-order valence-corrected chi connectivity index (χ3v) is 4.16. The Morgan fingerprint density at radius 3 is 2.42 bits per heavy atom. The van der Waals surface area contributed by atoms with Crippen LogP contribution in [0.2, 0.25) is 0 Å². The molecule has 24 heavy (non-hydrogen) atoms. The summed E-state index contributed by atoms with van der Waals surface area (Å²) in [5, 5.41) is 3.46. The quantitative estimate of drug-likeness (QED) is 0.617. The van der Waals surface area contributed by atoms with Crippen molar-refractivity contribution in [3.63, 3.8) is 0 Å². The Morgan fingerprint density at radius 2 is 1.67 bits per heavy atom. The number of hydrogen-bond donors (Lipinski definition) is 1. The minimum Gasteiger partial charge on any atom is -0.338 e. The topological polar surface area (TPSA) is 55.1 Å². The average Bonchev–Trinajstić information content (AvgIpc) is 3.09. The van der Waals surface area contributed by atoms with Gasteiger partial charge in [-0.3, -0.25) is 9.38 Å². The normalized spacial score (nSPS) is 10.9. The van der Waals surface area contributed by atoms with Crippen molar-refractivity contribution in [3.05, 3.63) is 72.6 Å². The predicted molar refractivity (Wildman–Crippen MR) is 95.4 cm³/mol. The smallest absolute Gasteiger partial charge is 0.156 e. The molecule has 0 aliphatic heterocycles. The summed E-state index contributed by atoms with van der Waals surface area (Å²) in [5.41, 5.74) is 6.44. The molecule has 0 amide bonds. The first-order chi connectivity index (χ1) is 11.7. The molecule has 1 aromatic carbocycles. The van der Waals surface area contributed by atoms with Gasteiger partial charge < -0.3 is 5.32 Å². The van der Waals surface area contributed by atoms with E-state index in [4.69, 9.17) is 0 Å². The fourth-order valence-electron chi connectivity index (χ4n) is 2.88. The van der Waals surface area contributed by atoms with Crippen molar-refractivity contribution < 1.29 is 0 Å². The predicted octanol–water partition coefficient (Wildman–Crippen LogP) is 4.15. The maximum Gasteiger partial charge on any atom is 0.156 e. The zero-order chi connectivity index (χ0) is 16.5. The van der Waals surface area contributed by atoms with Crippen LogP contribution in [-0.4, -0.2) is 19.4 Å². The van der Waals surface area contributed by atoms with Gasteiger partial charge >= 0.3 is 0 Å².